The van der Waals surface area contributed by atoms with E-state index in [2.05, 4.69) is 11.9 Å². The Bertz CT molecular complexity index is 544. The summed E-state index contributed by atoms with van der Waals surface area (Å²) in [6.45, 7) is 2.16. The zero-order chi connectivity index (χ0) is 11.5. The number of hydrogen-bond donors (Lipinski definition) is 0. The van der Waals surface area contributed by atoms with E-state index in [1.54, 1.807) is 23.4 Å². The number of rotatable bonds is 4. The van der Waals surface area contributed by atoms with E-state index in [1.807, 2.05) is 11.4 Å². The number of unbranched alkanes of at least 4 members (excludes halogenated alkanes) is 1. The van der Waals surface area contributed by atoms with Crippen LogP contribution in [-0.2, 0) is 7.05 Å². The van der Waals surface area contributed by atoms with Gasteiger partial charge in [0.05, 0.1) is 5.52 Å². The minimum absolute atomic E-state index is 0.0685. The summed E-state index contributed by atoms with van der Waals surface area (Å²) < 4.78 is 2.40. The Morgan fingerprint density at radius 2 is 2.38 bits per heavy atom. The number of hydrogen-bond acceptors (Lipinski definition) is 4. The molecule has 0 amide bonds. The minimum Gasteiger partial charge on any atom is -0.290 e. The van der Waals surface area contributed by atoms with Crippen LogP contribution in [0.15, 0.2) is 21.4 Å². The molecule has 16 heavy (non-hydrogen) atoms. The van der Waals surface area contributed by atoms with Crippen molar-refractivity contribution in [2.24, 2.45) is 7.05 Å². The Morgan fingerprint density at radius 3 is 3.12 bits per heavy atom. The molecule has 0 aliphatic carbocycles. The Kier molecular flexibility index (Phi) is 3.66. The molecule has 2 heterocycles. The molecule has 2 rings (SSSR count). The molecule has 0 atom stereocenters. The molecule has 0 bridgehead atoms. The SMILES string of the molecule is CCCCSc1nc2ccsc2c(=O)n1C. The molecule has 3 nitrogen and oxygen atoms in total. The molecule has 0 aliphatic heterocycles. The molecule has 86 valence electrons. The van der Waals surface area contributed by atoms with Crippen LogP contribution in [0.5, 0.6) is 0 Å². The van der Waals surface area contributed by atoms with Gasteiger partial charge in [0.25, 0.3) is 5.56 Å². The predicted octanol–water partition coefficient (Wildman–Crippen LogP) is 2.89. The number of thioether (sulfide) groups is 1. The van der Waals surface area contributed by atoms with Crippen molar-refractivity contribution in [3.05, 3.63) is 21.8 Å². The highest BCUT2D eigenvalue weighted by molar-refractivity contribution is 7.99. The van der Waals surface area contributed by atoms with Gasteiger partial charge >= 0.3 is 0 Å². The van der Waals surface area contributed by atoms with Crippen molar-refractivity contribution in [3.8, 4) is 0 Å². The van der Waals surface area contributed by atoms with E-state index in [4.69, 9.17) is 0 Å². The second-order valence-electron chi connectivity index (χ2n) is 3.60. The quantitative estimate of drug-likeness (QED) is 0.478. The fourth-order valence-electron chi connectivity index (χ4n) is 1.40. The predicted molar refractivity (Wildman–Crippen MR) is 70.5 cm³/mol. The van der Waals surface area contributed by atoms with Gasteiger partial charge in [0.1, 0.15) is 4.70 Å². The lowest BCUT2D eigenvalue weighted by atomic mass is 10.4. The van der Waals surface area contributed by atoms with Crippen molar-refractivity contribution in [2.45, 2.75) is 24.9 Å². The van der Waals surface area contributed by atoms with Crippen LogP contribution in [0.2, 0.25) is 0 Å². The molecule has 2 aromatic heterocycles. The first kappa shape index (κ1) is 11.7. The molecule has 0 spiro atoms. The summed E-state index contributed by atoms with van der Waals surface area (Å²) in [6, 6.07) is 1.91. The average molecular weight is 254 g/mol. The van der Waals surface area contributed by atoms with E-state index in [0.717, 1.165) is 27.5 Å². The monoisotopic (exact) mass is 254 g/mol. The Balaban J connectivity index is 2.37. The lowest BCUT2D eigenvalue weighted by Gasteiger charge is -2.05. The van der Waals surface area contributed by atoms with Gasteiger partial charge in [0, 0.05) is 12.8 Å². The van der Waals surface area contributed by atoms with Crippen LogP contribution in [0.3, 0.4) is 0 Å². The van der Waals surface area contributed by atoms with Crippen LogP contribution in [0, 0.1) is 0 Å². The second-order valence-corrected chi connectivity index (χ2v) is 5.57. The van der Waals surface area contributed by atoms with Crippen molar-refractivity contribution < 1.29 is 0 Å². The lowest BCUT2D eigenvalue weighted by molar-refractivity contribution is 0.726. The topological polar surface area (TPSA) is 34.9 Å². The Morgan fingerprint density at radius 1 is 1.56 bits per heavy atom. The molecular weight excluding hydrogens is 240 g/mol. The molecule has 2 aromatic rings. The fraction of sp³-hybridized carbons (Fsp3) is 0.455. The molecule has 0 aromatic carbocycles. The molecule has 0 fully saturated rings. The zero-order valence-electron chi connectivity index (χ0n) is 9.40. The summed E-state index contributed by atoms with van der Waals surface area (Å²) in [5.74, 6) is 1.02. The van der Waals surface area contributed by atoms with Gasteiger partial charge in [-0.05, 0) is 17.9 Å². The van der Waals surface area contributed by atoms with Gasteiger partial charge in [-0.2, -0.15) is 0 Å². The van der Waals surface area contributed by atoms with E-state index in [-0.39, 0.29) is 5.56 Å². The summed E-state index contributed by atoms with van der Waals surface area (Å²) in [4.78, 5) is 16.5. The highest BCUT2D eigenvalue weighted by Crippen LogP contribution is 2.20. The number of fused-ring (bicyclic) bond motifs is 1. The summed E-state index contributed by atoms with van der Waals surface area (Å²) in [7, 11) is 1.79. The third kappa shape index (κ3) is 2.15. The molecule has 0 saturated heterocycles. The van der Waals surface area contributed by atoms with E-state index < -0.39 is 0 Å². The van der Waals surface area contributed by atoms with Gasteiger partial charge in [-0.25, -0.2) is 4.98 Å². The summed E-state index contributed by atoms with van der Waals surface area (Å²) in [5.41, 5.74) is 0.895. The number of nitrogens with zero attached hydrogens (tertiary/aromatic N) is 2. The van der Waals surface area contributed by atoms with Crippen molar-refractivity contribution in [1.29, 1.82) is 0 Å². The van der Waals surface area contributed by atoms with Crippen molar-refractivity contribution >= 4 is 33.3 Å². The highest BCUT2D eigenvalue weighted by Gasteiger charge is 2.08. The van der Waals surface area contributed by atoms with Gasteiger partial charge in [-0.1, -0.05) is 25.1 Å². The van der Waals surface area contributed by atoms with E-state index >= 15 is 0 Å². The van der Waals surface area contributed by atoms with Gasteiger partial charge < -0.3 is 0 Å². The van der Waals surface area contributed by atoms with Crippen molar-refractivity contribution in [2.75, 3.05) is 5.75 Å². The fourth-order valence-corrected chi connectivity index (χ4v) is 3.26. The third-order valence-electron chi connectivity index (χ3n) is 2.38. The first-order valence-electron chi connectivity index (χ1n) is 5.31. The number of aromatic nitrogens is 2. The van der Waals surface area contributed by atoms with Crippen LogP contribution < -0.4 is 5.56 Å². The first-order valence-corrected chi connectivity index (χ1v) is 7.17. The largest absolute Gasteiger partial charge is 0.290 e. The Hall–Kier alpha value is -0.810. The normalized spacial score (nSPS) is 11.1. The first-order chi connectivity index (χ1) is 7.74. The van der Waals surface area contributed by atoms with Crippen LogP contribution in [0.25, 0.3) is 10.2 Å². The smallest absolute Gasteiger partial charge is 0.271 e. The zero-order valence-corrected chi connectivity index (χ0v) is 11.0. The standard InChI is InChI=1S/C11H14N2OS2/c1-3-4-6-16-11-12-8-5-7-15-9(8)10(14)13(11)2/h5,7H,3-4,6H2,1-2H3. The van der Waals surface area contributed by atoms with Gasteiger partial charge in [0.2, 0.25) is 0 Å². The molecule has 5 heteroatoms. The van der Waals surface area contributed by atoms with Gasteiger partial charge in [-0.3, -0.25) is 9.36 Å². The molecule has 0 saturated carbocycles. The summed E-state index contributed by atoms with van der Waals surface area (Å²) in [5, 5.41) is 2.74. The Labute approximate surface area is 103 Å². The summed E-state index contributed by atoms with van der Waals surface area (Å²) in [6.07, 6.45) is 2.32. The maximum absolute atomic E-state index is 12.0. The third-order valence-corrected chi connectivity index (χ3v) is 4.38. The summed E-state index contributed by atoms with van der Waals surface area (Å²) >= 11 is 3.12. The highest BCUT2D eigenvalue weighted by atomic mass is 32.2. The molecular formula is C11H14N2OS2. The lowest BCUT2D eigenvalue weighted by Crippen LogP contribution is -2.18. The second kappa shape index (κ2) is 5.01. The maximum Gasteiger partial charge on any atom is 0.271 e. The minimum atomic E-state index is 0.0685. The van der Waals surface area contributed by atoms with Crippen molar-refractivity contribution in [1.82, 2.24) is 9.55 Å². The van der Waals surface area contributed by atoms with E-state index in [9.17, 15) is 4.79 Å². The van der Waals surface area contributed by atoms with Crippen LogP contribution in [0.1, 0.15) is 19.8 Å². The van der Waals surface area contributed by atoms with Crippen LogP contribution >= 0.6 is 23.1 Å². The average Bonchev–Trinajstić information content (AvgIpc) is 2.73. The van der Waals surface area contributed by atoms with Crippen molar-refractivity contribution in [3.63, 3.8) is 0 Å². The van der Waals surface area contributed by atoms with Crippen LogP contribution in [-0.4, -0.2) is 15.3 Å². The van der Waals surface area contributed by atoms with Gasteiger partial charge in [-0.15, -0.1) is 11.3 Å². The molecule has 0 N–H and O–H groups in total. The molecule has 0 aliphatic rings. The van der Waals surface area contributed by atoms with E-state index in [0.29, 0.717) is 0 Å². The molecule has 0 radical (unpaired) electrons. The van der Waals surface area contributed by atoms with E-state index in [1.165, 1.54) is 17.8 Å². The van der Waals surface area contributed by atoms with Crippen LogP contribution in [0.4, 0.5) is 0 Å². The van der Waals surface area contributed by atoms with Gasteiger partial charge in [0.15, 0.2) is 5.16 Å². The maximum atomic E-state index is 12.0. The number of thiophene rings is 1. The molecule has 0 unspecified atom stereocenters.